The lowest BCUT2D eigenvalue weighted by Crippen LogP contribution is -2.34. The third kappa shape index (κ3) is 3.66. The molecule has 0 saturated carbocycles. The predicted octanol–water partition coefficient (Wildman–Crippen LogP) is 4.77. The van der Waals surface area contributed by atoms with Crippen LogP contribution < -0.4 is 0 Å². The molecule has 0 saturated heterocycles. The molecule has 0 aromatic heterocycles. The molecule has 2 nitrogen and oxygen atoms in total. The van der Waals surface area contributed by atoms with E-state index in [-0.39, 0.29) is 10.9 Å². The van der Waals surface area contributed by atoms with E-state index in [9.17, 15) is 18.0 Å². The number of rotatable bonds is 3. The maximum atomic E-state index is 12.7. The smallest absolute Gasteiger partial charge is 0.341 e. The molecular weight excluding hydrogens is 351 g/mol. The van der Waals surface area contributed by atoms with Gasteiger partial charge in [-0.25, -0.2) is 0 Å². The molecular formula is C19H17ClF3NO. The van der Waals surface area contributed by atoms with E-state index >= 15 is 0 Å². The van der Waals surface area contributed by atoms with Crippen molar-refractivity contribution >= 4 is 17.5 Å². The first kappa shape index (κ1) is 17.8. The summed E-state index contributed by atoms with van der Waals surface area (Å²) < 4.78 is 38.1. The van der Waals surface area contributed by atoms with Crippen molar-refractivity contribution in [2.24, 2.45) is 0 Å². The summed E-state index contributed by atoms with van der Waals surface area (Å²) >= 11 is 6.03. The van der Waals surface area contributed by atoms with Gasteiger partial charge in [0, 0.05) is 24.2 Å². The van der Waals surface area contributed by atoms with E-state index in [0.29, 0.717) is 30.5 Å². The van der Waals surface area contributed by atoms with E-state index in [0.717, 1.165) is 29.7 Å². The molecule has 1 heterocycles. The fourth-order valence-corrected chi connectivity index (χ4v) is 3.42. The van der Waals surface area contributed by atoms with E-state index < -0.39 is 11.7 Å². The minimum atomic E-state index is -4.40. The SMILES string of the molecule is CN1CCc2c(CCc3ccc(C(F)(F)F)cc3Cl)cccc2C1=O. The van der Waals surface area contributed by atoms with E-state index in [1.165, 1.54) is 6.07 Å². The lowest BCUT2D eigenvalue weighted by atomic mass is 9.91. The number of alkyl halides is 3. The fourth-order valence-electron chi connectivity index (χ4n) is 3.15. The van der Waals surface area contributed by atoms with Gasteiger partial charge in [0.15, 0.2) is 0 Å². The molecule has 0 unspecified atom stereocenters. The number of hydrogen-bond acceptors (Lipinski definition) is 1. The van der Waals surface area contributed by atoms with E-state index in [2.05, 4.69) is 0 Å². The Morgan fingerprint density at radius 1 is 1.12 bits per heavy atom. The summed E-state index contributed by atoms with van der Waals surface area (Å²) in [6.07, 6.45) is -2.45. The van der Waals surface area contributed by atoms with Crippen molar-refractivity contribution in [3.8, 4) is 0 Å². The van der Waals surface area contributed by atoms with Gasteiger partial charge < -0.3 is 4.90 Å². The Bertz CT molecular complexity index is 817. The van der Waals surface area contributed by atoms with Gasteiger partial charge in [0.1, 0.15) is 0 Å². The summed E-state index contributed by atoms with van der Waals surface area (Å²) in [6, 6.07) is 9.09. The van der Waals surface area contributed by atoms with Crippen LogP contribution in [0.1, 0.15) is 32.6 Å². The Balaban J connectivity index is 1.80. The second kappa shape index (κ2) is 6.71. The largest absolute Gasteiger partial charge is 0.416 e. The van der Waals surface area contributed by atoms with Crippen LogP contribution >= 0.6 is 11.6 Å². The van der Waals surface area contributed by atoms with Gasteiger partial charge in [-0.15, -0.1) is 0 Å². The molecule has 132 valence electrons. The Morgan fingerprint density at radius 3 is 2.52 bits per heavy atom. The van der Waals surface area contributed by atoms with Crippen molar-refractivity contribution in [1.82, 2.24) is 4.90 Å². The summed E-state index contributed by atoms with van der Waals surface area (Å²) in [5, 5.41) is 0.121. The van der Waals surface area contributed by atoms with Crippen LogP contribution in [0, 0.1) is 0 Å². The first-order chi connectivity index (χ1) is 11.8. The summed E-state index contributed by atoms with van der Waals surface area (Å²) in [5.41, 5.74) is 2.73. The highest BCUT2D eigenvalue weighted by Gasteiger charge is 2.31. The van der Waals surface area contributed by atoms with Gasteiger partial charge in [0.25, 0.3) is 5.91 Å². The van der Waals surface area contributed by atoms with Gasteiger partial charge in [0.05, 0.1) is 5.56 Å². The molecule has 25 heavy (non-hydrogen) atoms. The number of hydrogen-bond donors (Lipinski definition) is 0. The number of halogens is 4. The van der Waals surface area contributed by atoms with Crippen LogP contribution in [0.15, 0.2) is 36.4 Å². The number of carbonyl (C=O) groups excluding carboxylic acids is 1. The predicted molar refractivity (Wildman–Crippen MR) is 91.0 cm³/mol. The quantitative estimate of drug-likeness (QED) is 0.765. The molecule has 3 rings (SSSR count). The molecule has 2 aromatic rings. The first-order valence-electron chi connectivity index (χ1n) is 7.99. The van der Waals surface area contributed by atoms with Gasteiger partial charge in [-0.05, 0) is 54.2 Å². The molecule has 0 atom stereocenters. The van der Waals surface area contributed by atoms with Gasteiger partial charge in [-0.1, -0.05) is 29.8 Å². The number of nitrogens with zero attached hydrogens (tertiary/aromatic N) is 1. The minimum Gasteiger partial charge on any atom is -0.341 e. The van der Waals surface area contributed by atoms with Crippen molar-refractivity contribution in [3.63, 3.8) is 0 Å². The molecule has 0 aliphatic carbocycles. The molecule has 0 bridgehead atoms. The number of amides is 1. The molecule has 6 heteroatoms. The summed E-state index contributed by atoms with van der Waals surface area (Å²) in [5.74, 6) is 0.00987. The molecule has 0 N–H and O–H groups in total. The van der Waals surface area contributed by atoms with Crippen LogP contribution in [-0.2, 0) is 25.4 Å². The lowest BCUT2D eigenvalue weighted by Gasteiger charge is -2.26. The van der Waals surface area contributed by atoms with Gasteiger partial charge >= 0.3 is 6.18 Å². The topological polar surface area (TPSA) is 20.3 Å². The maximum Gasteiger partial charge on any atom is 0.416 e. The molecule has 1 aliphatic rings. The zero-order chi connectivity index (χ0) is 18.2. The van der Waals surface area contributed by atoms with Crippen molar-refractivity contribution < 1.29 is 18.0 Å². The molecule has 1 amide bonds. The number of aryl methyl sites for hydroxylation is 2. The molecule has 0 spiro atoms. The molecule has 0 radical (unpaired) electrons. The number of likely N-dealkylation sites (N-methyl/N-ethyl adjacent to an activating group) is 1. The summed E-state index contributed by atoms with van der Waals surface area (Å²) in [6.45, 7) is 0.671. The van der Waals surface area contributed by atoms with Crippen LogP contribution in [0.5, 0.6) is 0 Å². The van der Waals surface area contributed by atoms with Crippen LogP contribution in [0.4, 0.5) is 13.2 Å². The second-order valence-corrected chi connectivity index (χ2v) is 6.63. The number of carbonyl (C=O) groups is 1. The standard InChI is InChI=1S/C19H17ClF3NO/c1-24-10-9-15-12(3-2-4-16(15)18(24)25)5-6-13-7-8-14(11-17(13)20)19(21,22)23/h2-4,7-8,11H,5-6,9-10H2,1H3. The zero-order valence-electron chi connectivity index (χ0n) is 13.7. The third-order valence-electron chi connectivity index (χ3n) is 4.59. The highest BCUT2D eigenvalue weighted by atomic mass is 35.5. The third-order valence-corrected chi connectivity index (χ3v) is 4.94. The average Bonchev–Trinajstić information content (AvgIpc) is 2.56. The van der Waals surface area contributed by atoms with E-state index in [1.807, 2.05) is 18.2 Å². The average molecular weight is 368 g/mol. The van der Waals surface area contributed by atoms with Crippen molar-refractivity contribution in [2.75, 3.05) is 13.6 Å². The summed E-state index contributed by atoms with van der Waals surface area (Å²) in [4.78, 5) is 13.9. The van der Waals surface area contributed by atoms with Crippen molar-refractivity contribution in [1.29, 1.82) is 0 Å². The minimum absolute atomic E-state index is 0.00987. The Morgan fingerprint density at radius 2 is 1.84 bits per heavy atom. The summed E-state index contributed by atoms with van der Waals surface area (Å²) in [7, 11) is 1.78. The Kier molecular flexibility index (Phi) is 4.78. The fraction of sp³-hybridized carbons (Fsp3) is 0.316. The van der Waals surface area contributed by atoms with E-state index in [4.69, 9.17) is 11.6 Å². The Labute approximate surface area is 149 Å². The lowest BCUT2D eigenvalue weighted by molar-refractivity contribution is -0.137. The Hall–Kier alpha value is -2.01. The van der Waals surface area contributed by atoms with Gasteiger partial charge in [-0.2, -0.15) is 13.2 Å². The maximum absolute atomic E-state index is 12.7. The van der Waals surface area contributed by atoms with Crippen molar-refractivity contribution in [3.05, 3.63) is 69.2 Å². The highest BCUT2D eigenvalue weighted by molar-refractivity contribution is 6.31. The monoisotopic (exact) mass is 367 g/mol. The van der Waals surface area contributed by atoms with Gasteiger partial charge in [-0.3, -0.25) is 4.79 Å². The molecule has 0 fully saturated rings. The molecule has 1 aliphatic heterocycles. The van der Waals surface area contributed by atoms with Crippen LogP contribution in [0.3, 0.4) is 0 Å². The number of fused-ring (bicyclic) bond motifs is 1. The zero-order valence-corrected chi connectivity index (χ0v) is 14.4. The van der Waals surface area contributed by atoms with Crippen LogP contribution in [0.25, 0.3) is 0 Å². The second-order valence-electron chi connectivity index (χ2n) is 6.22. The first-order valence-corrected chi connectivity index (χ1v) is 8.37. The number of benzene rings is 2. The molecule has 2 aromatic carbocycles. The van der Waals surface area contributed by atoms with Crippen molar-refractivity contribution in [2.45, 2.75) is 25.4 Å². The highest BCUT2D eigenvalue weighted by Crippen LogP contribution is 2.32. The van der Waals surface area contributed by atoms with E-state index in [1.54, 1.807) is 11.9 Å². The van der Waals surface area contributed by atoms with Crippen LogP contribution in [0.2, 0.25) is 5.02 Å². The van der Waals surface area contributed by atoms with Gasteiger partial charge in [0.2, 0.25) is 0 Å². The van der Waals surface area contributed by atoms with Crippen LogP contribution in [-0.4, -0.2) is 24.4 Å². The normalized spacial score (nSPS) is 14.6.